The molecule has 1 fully saturated rings. The van der Waals surface area contributed by atoms with E-state index in [1.807, 2.05) is 0 Å². The van der Waals surface area contributed by atoms with Crippen LogP contribution >= 0.6 is 0 Å². The lowest BCUT2D eigenvalue weighted by molar-refractivity contribution is 0.160. The Hall–Kier alpha value is -0.0800. The van der Waals surface area contributed by atoms with E-state index in [0.29, 0.717) is 6.04 Å². The number of likely N-dealkylation sites (N-methyl/N-ethyl adjacent to an activating group) is 1. The summed E-state index contributed by atoms with van der Waals surface area (Å²) in [7, 11) is 2.26. The molecule has 2 heteroatoms. The van der Waals surface area contributed by atoms with Gasteiger partial charge in [-0.05, 0) is 39.8 Å². The van der Waals surface area contributed by atoms with Gasteiger partial charge in [-0.3, -0.25) is 4.90 Å². The Bertz CT molecular complexity index is 173. The predicted octanol–water partition coefficient (Wildman–Crippen LogP) is 2.45. The summed E-state index contributed by atoms with van der Waals surface area (Å²) in [5, 5.41) is 0. The number of rotatable bonds is 4. The van der Waals surface area contributed by atoms with E-state index in [-0.39, 0.29) is 0 Å². The molecular formula is C13H28N2. The molecule has 0 saturated carbocycles. The second-order valence-electron chi connectivity index (χ2n) is 5.56. The third-order valence-electron chi connectivity index (χ3n) is 3.92. The van der Waals surface area contributed by atoms with Crippen LogP contribution in [0, 0.1) is 5.92 Å². The molecule has 0 aromatic heterocycles. The Morgan fingerprint density at radius 3 is 2.20 bits per heavy atom. The Labute approximate surface area is 95.6 Å². The van der Waals surface area contributed by atoms with E-state index < -0.39 is 0 Å². The monoisotopic (exact) mass is 212 g/mol. The minimum Gasteiger partial charge on any atom is -0.302 e. The maximum atomic E-state index is 2.68. The van der Waals surface area contributed by atoms with Crippen LogP contribution in [-0.2, 0) is 0 Å². The van der Waals surface area contributed by atoms with Crippen molar-refractivity contribution in [2.24, 2.45) is 5.92 Å². The summed E-state index contributed by atoms with van der Waals surface area (Å²) in [5.41, 5.74) is 0. The molecule has 0 amide bonds. The molecule has 0 N–H and O–H groups in total. The van der Waals surface area contributed by atoms with E-state index in [1.165, 1.54) is 19.5 Å². The molecule has 90 valence electrons. The lowest BCUT2D eigenvalue weighted by Crippen LogP contribution is -2.39. The summed E-state index contributed by atoms with van der Waals surface area (Å²) in [4.78, 5) is 5.18. The SMILES string of the molecule is CCN(C)C1C[C@@H](C(C)C)N(C(C)C)C1. The summed E-state index contributed by atoms with van der Waals surface area (Å²) in [6.07, 6.45) is 1.35. The highest BCUT2D eigenvalue weighted by molar-refractivity contribution is 4.92. The van der Waals surface area contributed by atoms with Gasteiger partial charge < -0.3 is 4.90 Å². The second kappa shape index (κ2) is 5.31. The van der Waals surface area contributed by atoms with Crippen molar-refractivity contribution in [3.05, 3.63) is 0 Å². The molecule has 1 saturated heterocycles. The Morgan fingerprint density at radius 1 is 1.27 bits per heavy atom. The van der Waals surface area contributed by atoms with E-state index in [9.17, 15) is 0 Å². The highest BCUT2D eigenvalue weighted by Crippen LogP contribution is 2.28. The van der Waals surface area contributed by atoms with Gasteiger partial charge in [0.05, 0.1) is 0 Å². The Morgan fingerprint density at radius 2 is 1.87 bits per heavy atom. The van der Waals surface area contributed by atoms with Crippen molar-refractivity contribution in [2.75, 3.05) is 20.1 Å². The first-order valence-electron chi connectivity index (χ1n) is 6.43. The van der Waals surface area contributed by atoms with Crippen LogP contribution in [0.15, 0.2) is 0 Å². The maximum Gasteiger partial charge on any atom is 0.0235 e. The van der Waals surface area contributed by atoms with Crippen molar-refractivity contribution in [3.8, 4) is 0 Å². The Kier molecular flexibility index (Phi) is 4.60. The van der Waals surface area contributed by atoms with Crippen molar-refractivity contribution >= 4 is 0 Å². The van der Waals surface area contributed by atoms with Crippen LogP contribution in [0.4, 0.5) is 0 Å². The molecular weight excluding hydrogens is 184 g/mol. The lowest BCUT2D eigenvalue weighted by atomic mass is 9.99. The molecule has 0 aliphatic carbocycles. The van der Waals surface area contributed by atoms with Gasteiger partial charge in [0.15, 0.2) is 0 Å². The molecule has 2 atom stereocenters. The van der Waals surface area contributed by atoms with E-state index >= 15 is 0 Å². The molecule has 1 heterocycles. The molecule has 0 spiro atoms. The van der Waals surface area contributed by atoms with Crippen LogP contribution in [0.5, 0.6) is 0 Å². The van der Waals surface area contributed by atoms with Gasteiger partial charge in [0, 0.05) is 24.7 Å². The number of nitrogens with zero attached hydrogens (tertiary/aromatic N) is 2. The molecule has 1 aliphatic rings. The largest absolute Gasteiger partial charge is 0.302 e. The minimum atomic E-state index is 0.688. The molecule has 1 rings (SSSR count). The summed E-state index contributed by atoms with van der Waals surface area (Å²) < 4.78 is 0. The minimum absolute atomic E-state index is 0.688. The zero-order valence-electron chi connectivity index (χ0n) is 11.3. The van der Waals surface area contributed by atoms with E-state index in [2.05, 4.69) is 51.5 Å². The standard InChI is InChI=1S/C13H28N2/c1-7-14(6)12-8-13(10(2)3)15(9-12)11(4)5/h10-13H,7-9H2,1-6H3/t12?,13-/m0/s1. The van der Waals surface area contributed by atoms with E-state index in [1.54, 1.807) is 0 Å². The molecule has 1 aliphatic heterocycles. The fourth-order valence-electron chi connectivity index (χ4n) is 2.69. The fourth-order valence-corrected chi connectivity index (χ4v) is 2.69. The smallest absolute Gasteiger partial charge is 0.0235 e. The van der Waals surface area contributed by atoms with Crippen molar-refractivity contribution in [1.82, 2.24) is 9.80 Å². The lowest BCUT2D eigenvalue weighted by Gasteiger charge is -2.30. The predicted molar refractivity (Wildman–Crippen MR) is 67.2 cm³/mol. The number of hydrogen-bond acceptors (Lipinski definition) is 2. The van der Waals surface area contributed by atoms with Crippen molar-refractivity contribution in [2.45, 2.75) is 59.2 Å². The van der Waals surface area contributed by atoms with Gasteiger partial charge in [-0.2, -0.15) is 0 Å². The summed E-state index contributed by atoms with van der Waals surface area (Å²) in [5.74, 6) is 0.780. The van der Waals surface area contributed by atoms with Crippen LogP contribution in [0.25, 0.3) is 0 Å². The first kappa shape index (κ1) is 13.0. The first-order valence-corrected chi connectivity index (χ1v) is 6.43. The van der Waals surface area contributed by atoms with Gasteiger partial charge in [-0.25, -0.2) is 0 Å². The summed E-state index contributed by atoms with van der Waals surface area (Å²) in [6, 6.07) is 2.24. The van der Waals surface area contributed by atoms with Crippen LogP contribution in [0.1, 0.15) is 41.0 Å². The zero-order chi connectivity index (χ0) is 11.6. The average Bonchev–Trinajstić information content (AvgIpc) is 2.61. The van der Waals surface area contributed by atoms with Gasteiger partial charge in [0.25, 0.3) is 0 Å². The second-order valence-corrected chi connectivity index (χ2v) is 5.56. The molecule has 2 nitrogen and oxygen atoms in total. The number of likely N-dealkylation sites (tertiary alicyclic amines) is 1. The van der Waals surface area contributed by atoms with Crippen LogP contribution in [0.3, 0.4) is 0 Å². The highest BCUT2D eigenvalue weighted by Gasteiger charge is 2.36. The summed E-state index contributed by atoms with van der Waals surface area (Å²) >= 11 is 0. The van der Waals surface area contributed by atoms with E-state index in [0.717, 1.165) is 18.0 Å². The van der Waals surface area contributed by atoms with Crippen LogP contribution in [0.2, 0.25) is 0 Å². The topological polar surface area (TPSA) is 6.48 Å². The highest BCUT2D eigenvalue weighted by atomic mass is 15.3. The summed E-state index contributed by atoms with van der Waals surface area (Å²) in [6.45, 7) is 14.0. The van der Waals surface area contributed by atoms with Gasteiger partial charge >= 0.3 is 0 Å². The third-order valence-corrected chi connectivity index (χ3v) is 3.92. The quantitative estimate of drug-likeness (QED) is 0.706. The van der Waals surface area contributed by atoms with Gasteiger partial charge in [0.1, 0.15) is 0 Å². The zero-order valence-corrected chi connectivity index (χ0v) is 11.3. The average molecular weight is 212 g/mol. The molecule has 1 unspecified atom stereocenters. The molecule has 0 radical (unpaired) electrons. The van der Waals surface area contributed by atoms with Crippen LogP contribution in [-0.4, -0.2) is 48.1 Å². The van der Waals surface area contributed by atoms with Crippen molar-refractivity contribution in [3.63, 3.8) is 0 Å². The van der Waals surface area contributed by atoms with Gasteiger partial charge in [-0.1, -0.05) is 20.8 Å². The maximum absolute atomic E-state index is 2.68. The molecule has 15 heavy (non-hydrogen) atoms. The third kappa shape index (κ3) is 2.94. The molecule has 0 aromatic carbocycles. The van der Waals surface area contributed by atoms with Gasteiger partial charge in [-0.15, -0.1) is 0 Å². The molecule has 0 aromatic rings. The van der Waals surface area contributed by atoms with Crippen LogP contribution < -0.4 is 0 Å². The van der Waals surface area contributed by atoms with E-state index in [4.69, 9.17) is 0 Å². The normalized spacial score (nSPS) is 28.6. The fraction of sp³-hybridized carbons (Fsp3) is 1.00. The Balaban J connectivity index is 2.65. The number of hydrogen-bond donors (Lipinski definition) is 0. The first-order chi connectivity index (χ1) is 6.97. The van der Waals surface area contributed by atoms with Crippen molar-refractivity contribution < 1.29 is 0 Å². The molecule has 0 bridgehead atoms. The van der Waals surface area contributed by atoms with Crippen molar-refractivity contribution in [1.29, 1.82) is 0 Å². The van der Waals surface area contributed by atoms with Gasteiger partial charge in [0.2, 0.25) is 0 Å².